The quantitative estimate of drug-likeness (QED) is 0.843. The number of carbonyl (C=O) groups excluding carboxylic acids is 1. The van der Waals surface area contributed by atoms with Gasteiger partial charge in [-0.15, -0.1) is 24.2 Å². The van der Waals surface area contributed by atoms with Crippen molar-refractivity contribution in [3.63, 3.8) is 0 Å². The molecule has 1 aromatic rings. The fourth-order valence-electron chi connectivity index (χ4n) is 1.85. The third-order valence-electron chi connectivity index (χ3n) is 2.81. The maximum absolute atomic E-state index is 12.1. The summed E-state index contributed by atoms with van der Waals surface area (Å²) in [4.78, 5) is 13.1. The van der Waals surface area contributed by atoms with Crippen LogP contribution in [0.1, 0.15) is 16.8 Å². The molecule has 0 saturated carbocycles. The minimum atomic E-state index is -0.0837. The van der Waals surface area contributed by atoms with Crippen LogP contribution in [-0.4, -0.2) is 31.3 Å². The Bertz CT molecular complexity index is 423. The molecule has 0 spiro atoms. The van der Waals surface area contributed by atoms with Gasteiger partial charge >= 0.3 is 0 Å². The largest absolute Gasteiger partial charge is 0.348 e. The van der Waals surface area contributed by atoms with Gasteiger partial charge in [-0.25, -0.2) is 0 Å². The summed E-state index contributed by atoms with van der Waals surface area (Å²) >= 11 is 7.65. The van der Waals surface area contributed by atoms with Gasteiger partial charge in [-0.2, -0.15) is 0 Å². The number of nitrogens with one attached hydrogen (secondary N) is 2. The highest BCUT2D eigenvalue weighted by Gasteiger charge is 2.19. The molecule has 1 fully saturated rings. The Hall–Kier alpha value is -0.420. The molecular weight excluding hydrogens is 291 g/mol. The number of hydrogen-bond acceptors (Lipinski definition) is 3. The molecule has 0 aliphatic carbocycles. The Kier molecular flexibility index (Phi) is 6.29. The minimum Gasteiger partial charge on any atom is -0.348 e. The lowest BCUT2D eigenvalue weighted by molar-refractivity contribution is 0.0940. The van der Waals surface area contributed by atoms with Crippen LogP contribution in [0.4, 0.5) is 0 Å². The van der Waals surface area contributed by atoms with Crippen LogP contribution in [0.5, 0.6) is 0 Å². The van der Waals surface area contributed by atoms with Gasteiger partial charge < -0.3 is 10.6 Å². The second-order valence-electron chi connectivity index (χ2n) is 4.01. The van der Waals surface area contributed by atoms with Gasteiger partial charge in [-0.3, -0.25) is 4.79 Å². The number of thioether (sulfide) groups is 1. The highest BCUT2D eigenvalue weighted by atomic mass is 35.5. The average Bonchev–Trinajstić information content (AvgIpc) is 2.82. The zero-order valence-corrected chi connectivity index (χ0v) is 12.4. The molecule has 1 atom stereocenters. The lowest BCUT2D eigenvalue weighted by Crippen LogP contribution is -2.36. The van der Waals surface area contributed by atoms with E-state index < -0.39 is 0 Å². The summed E-state index contributed by atoms with van der Waals surface area (Å²) in [6.45, 7) is 1.80. The van der Waals surface area contributed by atoms with Crippen molar-refractivity contribution in [3.05, 3.63) is 28.8 Å². The normalized spacial score (nSPS) is 18.2. The second-order valence-corrected chi connectivity index (χ2v) is 5.30. The van der Waals surface area contributed by atoms with Gasteiger partial charge in [0.1, 0.15) is 0 Å². The first-order valence-corrected chi connectivity index (χ1v) is 7.16. The van der Waals surface area contributed by atoms with Crippen molar-refractivity contribution < 1.29 is 4.79 Å². The highest BCUT2D eigenvalue weighted by molar-refractivity contribution is 7.98. The standard InChI is InChI=1S/C12H15ClN2OS.ClH/c1-17-9-2-3-11(13)10(6-9)12(16)15-8-4-5-14-7-8;/h2-3,6,8,14H,4-5,7H2,1H3,(H,15,16);1H. The molecule has 1 heterocycles. The van der Waals surface area contributed by atoms with E-state index in [2.05, 4.69) is 10.6 Å². The van der Waals surface area contributed by atoms with Crippen LogP contribution in [0.25, 0.3) is 0 Å². The molecule has 1 amide bonds. The summed E-state index contributed by atoms with van der Waals surface area (Å²) in [6, 6.07) is 5.75. The number of carbonyl (C=O) groups is 1. The average molecular weight is 307 g/mol. The topological polar surface area (TPSA) is 41.1 Å². The summed E-state index contributed by atoms with van der Waals surface area (Å²) in [5, 5.41) is 6.71. The van der Waals surface area contributed by atoms with Gasteiger partial charge in [0.2, 0.25) is 0 Å². The van der Waals surface area contributed by atoms with E-state index in [9.17, 15) is 4.79 Å². The van der Waals surface area contributed by atoms with Gasteiger partial charge in [0.05, 0.1) is 10.6 Å². The fourth-order valence-corrected chi connectivity index (χ4v) is 2.49. The molecule has 0 bridgehead atoms. The second kappa shape index (κ2) is 7.24. The van der Waals surface area contributed by atoms with Crippen molar-refractivity contribution in [2.75, 3.05) is 19.3 Å². The van der Waals surface area contributed by atoms with Crippen LogP contribution in [0.3, 0.4) is 0 Å². The van der Waals surface area contributed by atoms with Gasteiger partial charge in [0.25, 0.3) is 5.91 Å². The first-order chi connectivity index (χ1) is 8.20. The lowest BCUT2D eigenvalue weighted by atomic mass is 10.2. The molecule has 18 heavy (non-hydrogen) atoms. The molecule has 1 aromatic carbocycles. The number of rotatable bonds is 3. The molecular formula is C12H16Cl2N2OS. The first kappa shape index (κ1) is 15.6. The minimum absolute atomic E-state index is 0. The zero-order chi connectivity index (χ0) is 12.3. The summed E-state index contributed by atoms with van der Waals surface area (Å²) in [6.07, 6.45) is 2.96. The predicted octanol–water partition coefficient (Wildman–Crippen LogP) is 2.58. The van der Waals surface area contributed by atoms with Crippen molar-refractivity contribution in [1.29, 1.82) is 0 Å². The number of hydrogen-bond donors (Lipinski definition) is 2. The summed E-state index contributed by atoms with van der Waals surface area (Å²) in [5.74, 6) is -0.0837. The predicted molar refractivity (Wildman–Crippen MR) is 79.2 cm³/mol. The van der Waals surface area contributed by atoms with E-state index in [0.717, 1.165) is 24.4 Å². The Balaban J connectivity index is 0.00000162. The molecule has 1 unspecified atom stereocenters. The van der Waals surface area contributed by atoms with Crippen LogP contribution < -0.4 is 10.6 Å². The van der Waals surface area contributed by atoms with Crippen LogP contribution in [-0.2, 0) is 0 Å². The maximum atomic E-state index is 12.1. The van der Waals surface area contributed by atoms with Gasteiger partial charge in [-0.1, -0.05) is 11.6 Å². The third kappa shape index (κ3) is 3.79. The number of amides is 1. The number of halogens is 2. The first-order valence-electron chi connectivity index (χ1n) is 5.56. The molecule has 1 aliphatic heterocycles. The molecule has 100 valence electrons. The zero-order valence-electron chi connectivity index (χ0n) is 10.0. The maximum Gasteiger partial charge on any atom is 0.253 e. The van der Waals surface area contributed by atoms with E-state index >= 15 is 0 Å². The molecule has 0 radical (unpaired) electrons. The van der Waals surface area contributed by atoms with Crippen molar-refractivity contribution in [1.82, 2.24) is 10.6 Å². The molecule has 6 heteroatoms. The van der Waals surface area contributed by atoms with Crippen LogP contribution in [0, 0.1) is 0 Å². The van der Waals surface area contributed by atoms with E-state index in [1.165, 1.54) is 0 Å². The Morgan fingerprint density at radius 3 is 2.94 bits per heavy atom. The van der Waals surface area contributed by atoms with E-state index in [1.807, 2.05) is 18.4 Å². The van der Waals surface area contributed by atoms with Gasteiger partial charge in [0, 0.05) is 17.5 Å². The smallest absolute Gasteiger partial charge is 0.253 e. The molecule has 2 N–H and O–H groups in total. The SMILES string of the molecule is CSc1ccc(Cl)c(C(=O)NC2CCNC2)c1.Cl. The van der Waals surface area contributed by atoms with Crippen molar-refractivity contribution in [2.24, 2.45) is 0 Å². The van der Waals surface area contributed by atoms with Gasteiger partial charge in [-0.05, 0) is 37.4 Å². The molecule has 3 nitrogen and oxygen atoms in total. The Morgan fingerprint density at radius 1 is 1.56 bits per heavy atom. The molecule has 2 rings (SSSR count). The monoisotopic (exact) mass is 306 g/mol. The highest BCUT2D eigenvalue weighted by Crippen LogP contribution is 2.23. The Morgan fingerprint density at radius 2 is 2.33 bits per heavy atom. The fraction of sp³-hybridized carbons (Fsp3) is 0.417. The van der Waals surface area contributed by atoms with E-state index in [4.69, 9.17) is 11.6 Å². The molecule has 1 saturated heterocycles. The van der Waals surface area contributed by atoms with Crippen molar-refractivity contribution in [2.45, 2.75) is 17.4 Å². The molecule has 0 aromatic heterocycles. The lowest BCUT2D eigenvalue weighted by Gasteiger charge is -2.12. The summed E-state index contributed by atoms with van der Waals surface area (Å²) in [5.41, 5.74) is 0.561. The number of benzene rings is 1. The van der Waals surface area contributed by atoms with Gasteiger partial charge in [0.15, 0.2) is 0 Å². The Labute approximate surface area is 122 Å². The van der Waals surface area contributed by atoms with Crippen molar-refractivity contribution in [3.8, 4) is 0 Å². The summed E-state index contributed by atoms with van der Waals surface area (Å²) < 4.78 is 0. The molecule has 1 aliphatic rings. The van der Waals surface area contributed by atoms with Crippen molar-refractivity contribution >= 4 is 41.7 Å². The van der Waals surface area contributed by atoms with Crippen LogP contribution >= 0.6 is 35.8 Å². The summed E-state index contributed by atoms with van der Waals surface area (Å²) in [7, 11) is 0. The van der Waals surface area contributed by atoms with Crippen LogP contribution in [0.15, 0.2) is 23.1 Å². The van der Waals surface area contributed by atoms with E-state index in [0.29, 0.717) is 10.6 Å². The van der Waals surface area contributed by atoms with Crippen LogP contribution in [0.2, 0.25) is 5.02 Å². The van der Waals surface area contributed by atoms with E-state index in [1.54, 1.807) is 17.8 Å². The third-order valence-corrected chi connectivity index (χ3v) is 3.87. The van der Waals surface area contributed by atoms with E-state index in [-0.39, 0.29) is 24.4 Å².